The quantitative estimate of drug-likeness (QED) is 0.362. The predicted octanol–water partition coefficient (Wildman–Crippen LogP) is 5.47. The molecule has 122 valence electrons. The molecule has 1 unspecified atom stereocenters. The van der Waals surface area contributed by atoms with Gasteiger partial charge in [0.25, 0.3) is 0 Å². The average Bonchev–Trinajstić information content (AvgIpc) is 3.09. The van der Waals surface area contributed by atoms with E-state index >= 15 is 0 Å². The zero-order valence-corrected chi connectivity index (χ0v) is 16.7. The van der Waals surface area contributed by atoms with E-state index in [9.17, 15) is 0 Å². The molecular formula is C21H21BCmN-. The molecule has 0 amide bonds. The van der Waals surface area contributed by atoms with Gasteiger partial charge in [-0.15, -0.1) is 0 Å². The second kappa shape index (κ2) is 7.83. The first-order valence-corrected chi connectivity index (χ1v) is 8.33. The molecule has 3 rings (SSSR count). The number of nitriles is 1. The topological polar surface area (TPSA) is 23.8 Å². The minimum absolute atomic E-state index is 0. The molecule has 0 aromatic heterocycles. The number of rotatable bonds is 5. The maximum absolute atomic E-state index is 8.96. The molecule has 0 saturated carbocycles. The van der Waals surface area contributed by atoms with Crippen LogP contribution in [0.25, 0.3) is 16.7 Å². The molecule has 24 heavy (non-hydrogen) atoms. The minimum atomic E-state index is 0. The zero-order chi connectivity index (χ0) is 16.1. The summed E-state index contributed by atoms with van der Waals surface area (Å²) in [5, 5.41) is 8.96. The molecule has 1 aliphatic rings. The first kappa shape index (κ1) is 17.1. The maximum Gasteiger partial charge on any atom is 0.102 e. The van der Waals surface area contributed by atoms with Crippen molar-refractivity contribution in [3.05, 3.63) is 73.1 Å². The summed E-state index contributed by atoms with van der Waals surface area (Å²) >= 11 is 0. The Morgan fingerprint density at radius 2 is 1.79 bits per heavy atom. The second-order valence-electron chi connectivity index (χ2n) is 6.39. The van der Waals surface area contributed by atoms with Crippen LogP contribution in [0.2, 0.25) is 6.32 Å². The summed E-state index contributed by atoms with van der Waals surface area (Å²) in [6.45, 7) is 4.42. The van der Waals surface area contributed by atoms with Gasteiger partial charge in [-0.25, -0.2) is 5.26 Å². The van der Waals surface area contributed by atoms with Gasteiger partial charge in [-0.1, -0.05) is 73.4 Å². The van der Waals surface area contributed by atoms with Gasteiger partial charge in [0.1, 0.15) is 6.71 Å². The molecule has 0 N–H and O–H groups in total. The van der Waals surface area contributed by atoms with Gasteiger partial charge in [0.15, 0.2) is 0 Å². The van der Waals surface area contributed by atoms with Gasteiger partial charge in [-0.3, -0.25) is 0 Å². The molecule has 1 aliphatic heterocycles. The van der Waals surface area contributed by atoms with E-state index in [1.165, 1.54) is 22.3 Å². The van der Waals surface area contributed by atoms with E-state index in [1.54, 1.807) is 0 Å². The fraction of sp³-hybridized carbons (Fsp3) is 0.238. The van der Waals surface area contributed by atoms with Crippen LogP contribution in [-0.2, 0) is 0 Å². The number of benzene rings is 2. The summed E-state index contributed by atoms with van der Waals surface area (Å²) in [4.78, 5) is 0. The van der Waals surface area contributed by atoms with E-state index < -0.39 is 0 Å². The van der Waals surface area contributed by atoms with Crippen LogP contribution < -0.4 is 0 Å². The molecule has 2 aromatic rings. The van der Waals surface area contributed by atoms with Crippen LogP contribution in [0.5, 0.6) is 0 Å². The summed E-state index contributed by atoms with van der Waals surface area (Å²) < 4.78 is 0. The zero-order valence-electron chi connectivity index (χ0n) is 13.8. The summed E-state index contributed by atoms with van der Waals surface area (Å²) in [7, 11) is 0. The van der Waals surface area contributed by atoms with E-state index in [0.717, 1.165) is 25.6 Å². The van der Waals surface area contributed by atoms with Gasteiger partial charge in [0.2, 0.25) is 0 Å². The molecule has 1 fully saturated rings. The number of hydrogen-bond donors (Lipinski definition) is 0. The Balaban J connectivity index is 0.00000208. The first-order valence-electron chi connectivity index (χ1n) is 8.33. The predicted molar refractivity (Wildman–Crippen MR) is 98.7 cm³/mol. The van der Waals surface area contributed by atoms with Crippen LogP contribution in [0.3, 0.4) is 0 Å². The van der Waals surface area contributed by atoms with Crippen LogP contribution in [0, 0.1) is 23.5 Å². The van der Waals surface area contributed by atoms with E-state index in [2.05, 4.69) is 67.4 Å². The molecule has 1 heterocycles. The fourth-order valence-corrected chi connectivity index (χ4v) is 3.30. The van der Waals surface area contributed by atoms with Crippen molar-refractivity contribution in [2.75, 3.05) is 0 Å². The summed E-state index contributed by atoms with van der Waals surface area (Å²) in [6, 6.07) is 19.1. The van der Waals surface area contributed by atoms with Crippen molar-refractivity contribution in [1.29, 1.82) is 5.26 Å². The van der Waals surface area contributed by atoms with Crippen LogP contribution in [0.15, 0.2) is 61.2 Å². The molecule has 0 aliphatic carbocycles. The fourth-order valence-electron chi connectivity index (χ4n) is 3.30. The largest absolute Gasteiger partial charge is 0.335 e. The Morgan fingerprint density at radius 1 is 1.12 bits per heavy atom. The van der Waals surface area contributed by atoms with Crippen molar-refractivity contribution >= 4 is 12.3 Å². The Labute approximate surface area is 139 Å². The molecular weight excluding hydrogens is 524 g/mol. The smallest absolute Gasteiger partial charge is 0.102 e. The average molecular weight is 545 g/mol. The van der Waals surface area contributed by atoms with Gasteiger partial charge in [0.05, 0.1) is 0 Å². The molecule has 0 bridgehead atoms. The van der Waals surface area contributed by atoms with Gasteiger partial charge < -0.3 is 6.32 Å². The van der Waals surface area contributed by atoms with E-state index in [0.29, 0.717) is 5.92 Å². The third-order valence-electron chi connectivity index (χ3n) is 4.76. The second-order valence-corrected chi connectivity index (χ2v) is 6.39. The Hall–Kier alpha value is -3.27. The van der Waals surface area contributed by atoms with Crippen LogP contribution in [-0.4, -0.2) is 6.71 Å². The van der Waals surface area contributed by atoms with Crippen molar-refractivity contribution in [1.82, 2.24) is 0 Å². The normalized spacial score (nSPS) is 16.3. The summed E-state index contributed by atoms with van der Waals surface area (Å²) in [5.74, 6) is 3.01. The monoisotopic (exact) mass is 541 g/mol. The number of hydrogen-bond acceptors (Lipinski definition) is 1. The molecule has 1 nitrogen and oxygen atoms in total. The van der Waals surface area contributed by atoms with Gasteiger partial charge >= 0.3 is 0 Å². The third-order valence-corrected chi connectivity index (χ3v) is 4.76. The Bertz CT molecular complexity index is 703. The summed E-state index contributed by atoms with van der Waals surface area (Å²) in [5.41, 5.74) is 4.91. The Morgan fingerprint density at radius 3 is 2.42 bits per heavy atom. The van der Waals surface area contributed by atoms with E-state index in [1.807, 2.05) is 6.07 Å². The van der Waals surface area contributed by atoms with E-state index in [4.69, 9.17) is 5.26 Å². The van der Waals surface area contributed by atoms with Crippen molar-refractivity contribution in [2.45, 2.75) is 25.6 Å². The van der Waals surface area contributed by atoms with Gasteiger partial charge in [-0.05, 0) is 41.1 Å². The molecule has 0 radical (unpaired) electrons. The number of allylic oxidation sites excluding steroid dienone is 1. The minimum Gasteiger partial charge on any atom is -0.335 e. The van der Waals surface area contributed by atoms with Crippen molar-refractivity contribution in [3.63, 3.8) is 0 Å². The summed E-state index contributed by atoms with van der Waals surface area (Å²) in [6.07, 6.45) is 6.42. The van der Waals surface area contributed by atoms with E-state index in [-0.39, 0.29) is 6.71 Å². The van der Waals surface area contributed by atoms with Crippen molar-refractivity contribution in [2.24, 2.45) is 5.92 Å². The maximum atomic E-state index is 8.96. The third kappa shape index (κ3) is 3.93. The molecule has 1 atom stereocenters. The van der Waals surface area contributed by atoms with Gasteiger partial charge in [0, 0.05) is 0 Å². The molecule has 1 saturated heterocycles. The molecule has 3 heteroatoms. The first-order chi connectivity index (χ1) is 11.3. The van der Waals surface area contributed by atoms with Crippen LogP contribution in [0.1, 0.15) is 24.8 Å². The van der Waals surface area contributed by atoms with Crippen LogP contribution >= 0.6 is 0 Å². The standard InChI is InChI=1S/C21H21BN.Cm/c1-17(7-8-18-13-14-22(15-18)16-23)19-9-11-21(12-10-19)20-5-3-2-4-6-20;/h2-6,9-12,14,18H,1,7-8,13,15H2;/q-1;. The van der Waals surface area contributed by atoms with Crippen molar-refractivity contribution < 1.29 is 0 Å². The van der Waals surface area contributed by atoms with Crippen LogP contribution in [0.4, 0.5) is 0 Å². The number of nitrogens with zero attached hydrogens (tertiary/aromatic N) is 1. The Kier molecular flexibility index (Phi) is 5.58. The van der Waals surface area contributed by atoms with Crippen molar-refractivity contribution in [3.8, 4) is 17.1 Å². The molecule has 0 spiro atoms. The van der Waals surface area contributed by atoms with Gasteiger partial charge in [-0.2, -0.15) is 6.42 Å². The molecule has 2 aromatic carbocycles. The SMILES string of the molecule is C=C(CCC1C[CH-]B(C#N)C1)c1ccc(-c2ccccc2)cc1.[Cm].